The Morgan fingerprint density at radius 3 is 2.23 bits per heavy atom. The molecule has 0 saturated carbocycles. The van der Waals surface area contributed by atoms with Crippen molar-refractivity contribution < 1.29 is 22.4 Å². The zero-order valence-electron chi connectivity index (χ0n) is 17.4. The monoisotopic (exact) mass is 445 g/mol. The van der Waals surface area contributed by atoms with E-state index in [-0.39, 0.29) is 31.3 Å². The molecular formula is C22H24FN3O4S. The lowest BCUT2D eigenvalue weighted by molar-refractivity contribution is -0.123. The molecule has 0 bridgehead atoms. The van der Waals surface area contributed by atoms with Crippen LogP contribution >= 0.6 is 0 Å². The lowest BCUT2D eigenvalue weighted by Gasteiger charge is -2.36. The van der Waals surface area contributed by atoms with Crippen LogP contribution < -0.4 is 4.90 Å². The van der Waals surface area contributed by atoms with E-state index in [1.165, 1.54) is 28.6 Å². The zero-order valence-corrected chi connectivity index (χ0v) is 18.2. The van der Waals surface area contributed by atoms with Gasteiger partial charge in [0.1, 0.15) is 5.82 Å². The van der Waals surface area contributed by atoms with Gasteiger partial charge in [0.25, 0.3) is 5.91 Å². The quantitative estimate of drug-likeness (QED) is 0.674. The van der Waals surface area contributed by atoms with Crippen LogP contribution in [0.2, 0.25) is 0 Å². The van der Waals surface area contributed by atoms with Gasteiger partial charge in [0.05, 0.1) is 23.0 Å². The highest BCUT2D eigenvalue weighted by atomic mass is 32.2. The van der Waals surface area contributed by atoms with Crippen molar-refractivity contribution >= 4 is 27.5 Å². The second-order valence-corrected chi connectivity index (χ2v) is 9.88. The first-order valence-corrected chi connectivity index (χ1v) is 11.6. The number of nitrogens with zero attached hydrogens (tertiary/aromatic N) is 3. The van der Waals surface area contributed by atoms with E-state index in [1.807, 2.05) is 17.9 Å². The summed E-state index contributed by atoms with van der Waals surface area (Å²) >= 11 is 0. The summed E-state index contributed by atoms with van der Waals surface area (Å²) in [4.78, 5) is 28.6. The summed E-state index contributed by atoms with van der Waals surface area (Å²) in [6.07, 6.45) is 0.0277. The van der Waals surface area contributed by atoms with Crippen molar-refractivity contribution in [2.24, 2.45) is 0 Å². The number of amides is 2. The maximum absolute atomic E-state index is 13.2. The minimum Gasteiger partial charge on any atom is -0.289 e. The van der Waals surface area contributed by atoms with Crippen molar-refractivity contribution in [1.82, 2.24) is 9.21 Å². The third-order valence-corrected chi connectivity index (χ3v) is 7.92. The minimum atomic E-state index is -3.64. The third kappa shape index (κ3) is 4.00. The topological polar surface area (TPSA) is 78.0 Å². The van der Waals surface area contributed by atoms with Crippen LogP contribution in [-0.2, 0) is 19.6 Å². The molecule has 2 aliphatic heterocycles. The molecule has 2 aromatic rings. The summed E-state index contributed by atoms with van der Waals surface area (Å²) in [5.74, 6) is -1.14. The number of carbonyl (C=O) groups is 2. The SMILES string of the molecule is Cc1ccc(C)c(S(=O)(=O)N2CCN([C@H]3CC(=O)N(c4ccc(F)cc4)C3=O)CC2)c1. The van der Waals surface area contributed by atoms with Crippen molar-refractivity contribution in [3.05, 3.63) is 59.4 Å². The highest BCUT2D eigenvalue weighted by Crippen LogP contribution is 2.28. The van der Waals surface area contributed by atoms with Crippen LogP contribution in [0.3, 0.4) is 0 Å². The molecule has 31 heavy (non-hydrogen) atoms. The Bertz CT molecular complexity index is 1130. The molecule has 1 atom stereocenters. The standard InChI is InChI=1S/C22H24FN3O4S/c1-15-3-4-16(2)20(13-15)31(29,30)25-11-9-24(10-12-25)19-14-21(27)26(22(19)28)18-7-5-17(23)6-8-18/h3-8,13,19H,9-12,14H2,1-2H3/t19-/m0/s1. The smallest absolute Gasteiger partial charge is 0.251 e. The Labute approximate surface area is 181 Å². The van der Waals surface area contributed by atoms with Crippen LogP contribution in [-0.4, -0.2) is 61.7 Å². The average molecular weight is 446 g/mol. The summed E-state index contributed by atoms with van der Waals surface area (Å²) in [6, 6.07) is 9.94. The number of benzene rings is 2. The molecule has 0 aliphatic carbocycles. The molecule has 2 fully saturated rings. The molecule has 4 rings (SSSR count). The Morgan fingerprint density at radius 2 is 1.58 bits per heavy atom. The molecule has 2 heterocycles. The van der Waals surface area contributed by atoms with E-state index in [9.17, 15) is 22.4 Å². The number of aryl methyl sites for hydroxylation is 2. The number of sulfonamides is 1. The highest BCUT2D eigenvalue weighted by Gasteiger charge is 2.44. The van der Waals surface area contributed by atoms with Gasteiger partial charge in [-0.25, -0.2) is 17.7 Å². The van der Waals surface area contributed by atoms with E-state index in [0.717, 1.165) is 10.5 Å². The molecule has 2 aromatic carbocycles. The average Bonchev–Trinajstić information content (AvgIpc) is 3.04. The first-order valence-electron chi connectivity index (χ1n) is 10.1. The van der Waals surface area contributed by atoms with Gasteiger partial charge in [0, 0.05) is 26.2 Å². The van der Waals surface area contributed by atoms with E-state index in [2.05, 4.69) is 0 Å². The van der Waals surface area contributed by atoms with Crippen LogP contribution in [0.25, 0.3) is 0 Å². The summed E-state index contributed by atoms with van der Waals surface area (Å²) in [5, 5.41) is 0. The molecule has 9 heteroatoms. The van der Waals surface area contributed by atoms with E-state index in [0.29, 0.717) is 29.2 Å². The van der Waals surface area contributed by atoms with Crippen molar-refractivity contribution in [2.45, 2.75) is 31.2 Å². The number of hydrogen-bond acceptors (Lipinski definition) is 5. The van der Waals surface area contributed by atoms with Crippen molar-refractivity contribution in [2.75, 3.05) is 31.1 Å². The molecule has 7 nitrogen and oxygen atoms in total. The van der Waals surface area contributed by atoms with Gasteiger partial charge in [-0.05, 0) is 55.3 Å². The second kappa shape index (κ2) is 8.14. The van der Waals surface area contributed by atoms with Gasteiger partial charge < -0.3 is 0 Å². The largest absolute Gasteiger partial charge is 0.289 e. The number of piperazine rings is 1. The normalized spacial score (nSPS) is 21.1. The molecule has 2 saturated heterocycles. The van der Waals surface area contributed by atoms with E-state index in [4.69, 9.17) is 0 Å². The summed E-state index contributed by atoms with van der Waals surface area (Å²) in [6.45, 7) is 4.81. The molecule has 0 spiro atoms. The van der Waals surface area contributed by atoms with Crippen LogP contribution in [0.15, 0.2) is 47.4 Å². The molecule has 0 radical (unpaired) electrons. The van der Waals surface area contributed by atoms with Crippen LogP contribution in [0.1, 0.15) is 17.5 Å². The Hall–Kier alpha value is -2.62. The Morgan fingerprint density at radius 1 is 0.935 bits per heavy atom. The summed E-state index contributed by atoms with van der Waals surface area (Å²) in [5.41, 5.74) is 1.91. The van der Waals surface area contributed by atoms with Crippen molar-refractivity contribution in [3.63, 3.8) is 0 Å². The second-order valence-electron chi connectivity index (χ2n) is 7.97. The molecule has 2 aliphatic rings. The number of rotatable bonds is 4. The fraction of sp³-hybridized carbons (Fsp3) is 0.364. The molecule has 2 amide bonds. The number of anilines is 1. The predicted molar refractivity (Wildman–Crippen MR) is 114 cm³/mol. The molecule has 164 valence electrons. The number of imide groups is 1. The zero-order chi connectivity index (χ0) is 22.3. The molecule has 0 N–H and O–H groups in total. The number of hydrogen-bond donors (Lipinski definition) is 0. The van der Waals surface area contributed by atoms with Crippen LogP contribution in [0.5, 0.6) is 0 Å². The van der Waals surface area contributed by atoms with E-state index < -0.39 is 21.9 Å². The van der Waals surface area contributed by atoms with Gasteiger partial charge in [0.2, 0.25) is 15.9 Å². The maximum Gasteiger partial charge on any atom is 0.251 e. The summed E-state index contributed by atoms with van der Waals surface area (Å²) in [7, 11) is -3.64. The fourth-order valence-electron chi connectivity index (χ4n) is 4.14. The van der Waals surface area contributed by atoms with Gasteiger partial charge in [-0.2, -0.15) is 4.31 Å². The lowest BCUT2D eigenvalue weighted by Crippen LogP contribution is -2.53. The predicted octanol–water partition coefficient (Wildman–Crippen LogP) is 2.08. The number of halogens is 1. The third-order valence-electron chi connectivity index (χ3n) is 5.88. The first kappa shape index (κ1) is 21.6. The van der Waals surface area contributed by atoms with Crippen molar-refractivity contribution in [1.29, 1.82) is 0 Å². The summed E-state index contributed by atoms with van der Waals surface area (Å²) < 4.78 is 40.9. The highest BCUT2D eigenvalue weighted by molar-refractivity contribution is 7.89. The van der Waals surface area contributed by atoms with Crippen molar-refractivity contribution in [3.8, 4) is 0 Å². The van der Waals surface area contributed by atoms with Gasteiger partial charge in [-0.3, -0.25) is 14.5 Å². The van der Waals surface area contributed by atoms with Crippen LogP contribution in [0.4, 0.5) is 10.1 Å². The maximum atomic E-state index is 13.2. The molecule has 0 unspecified atom stereocenters. The Balaban J connectivity index is 1.46. The fourth-order valence-corrected chi connectivity index (χ4v) is 5.87. The van der Waals surface area contributed by atoms with Gasteiger partial charge in [-0.15, -0.1) is 0 Å². The van der Waals surface area contributed by atoms with Gasteiger partial charge in [-0.1, -0.05) is 12.1 Å². The van der Waals surface area contributed by atoms with Gasteiger partial charge in [0.15, 0.2) is 0 Å². The molecular weight excluding hydrogens is 421 g/mol. The van der Waals surface area contributed by atoms with Gasteiger partial charge >= 0.3 is 0 Å². The minimum absolute atomic E-state index is 0.0277. The van der Waals surface area contributed by atoms with E-state index in [1.54, 1.807) is 19.1 Å². The Kier molecular flexibility index (Phi) is 5.67. The lowest BCUT2D eigenvalue weighted by atomic mass is 10.2. The number of carbonyl (C=O) groups excluding carboxylic acids is 2. The first-order chi connectivity index (χ1) is 14.7. The van der Waals surface area contributed by atoms with E-state index >= 15 is 0 Å². The molecule has 0 aromatic heterocycles. The van der Waals surface area contributed by atoms with Crippen LogP contribution in [0, 0.1) is 19.7 Å².